The molecule has 0 spiro atoms. The van der Waals surface area contributed by atoms with Crippen molar-refractivity contribution in [3.63, 3.8) is 0 Å². The highest BCUT2D eigenvalue weighted by Gasteiger charge is 1.99. The minimum atomic E-state index is -0.734. The van der Waals surface area contributed by atoms with Crippen LogP contribution in [0.15, 0.2) is 23.0 Å². The molecule has 0 saturated heterocycles. The molecule has 0 amide bonds. The lowest BCUT2D eigenvalue weighted by Gasteiger charge is -1.85. The molecule has 3 N–H and O–H groups in total. The summed E-state index contributed by atoms with van der Waals surface area (Å²) in [6, 6.07) is 2.79. The zero-order chi connectivity index (χ0) is 8.43. The van der Waals surface area contributed by atoms with Gasteiger partial charge >= 0.3 is 0 Å². The van der Waals surface area contributed by atoms with E-state index in [-0.39, 0.29) is 0 Å². The van der Waals surface area contributed by atoms with Crippen LogP contribution in [0.4, 0.5) is 0 Å². The molecular formula is C7H6O4. The lowest BCUT2D eigenvalue weighted by molar-refractivity contribution is 0.404. The summed E-state index contributed by atoms with van der Waals surface area (Å²) in [6.45, 7) is 0. The molecule has 0 aliphatic carbocycles. The van der Waals surface area contributed by atoms with Crippen LogP contribution in [0, 0.1) is 0 Å². The van der Waals surface area contributed by atoms with Crippen molar-refractivity contribution in [3.8, 4) is 17.2 Å². The Morgan fingerprint density at radius 3 is 2.09 bits per heavy atom. The standard InChI is InChI=1S/C7H6O4/c8-4-1-2-5(9)7(11)3-6(4)10/h1-3,8,10H,(H,9,11). The van der Waals surface area contributed by atoms with Gasteiger partial charge in [-0.25, -0.2) is 0 Å². The quantitative estimate of drug-likeness (QED) is 0.497. The number of aromatic hydroxyl groups is 3. The summed E-state index contributed by atoms with van der Waals surface area (Å²) >= 11 is 0. The van der Waals surface area contributed by atoms with Crippen LogP contribution >= 0.6 is 0 Å². The maximum absolute atomic E-state index is 10.7. The lowest BCUT2D eigenvalue weighted by Crippen LogP contribution is -1.91. The Labute approximate surface area is 62.0 Å². The SMILES string of the molecule is O=c1cc(O)c(O)ccc1O. The Hall–Kier alpha value is -1.71. The van der Waals surface area contributed by atoms with Crippen molar-refractivity contribution in [2.75, 3.05) is 0 Å². The van der Waals surface area contributed by atoms with Gasteiger partial charge in [0.05, 0.1) is 0 Å². The fourth-order valence-corrected chi connectivity index (χ4v) is 0.597. The molecule has 0 fully saturated rings. The van der Waals surface area contributed by atoms with Gasteiger partial charge in [-0.3, -0.25) is 4.79 Å². The summed E-state index contributed by atoms with van der Waals surface area (Å²) in [5.41, 5.74) is -0.734. The highest BCUT2D eigenvalue weighted by Crippen LogP contribution is 2.21. The topological polar surface area (TPSA) is 77.8 Å². The second-order valence-electron chi connectivity index (χ2n) is 2.00. The van der Waals surface area contributed by atoms with Crippen molar-refractivity contribution in [3.05, 3.63) is 28.4 Å². The number of hydrogen-bond donors (Lipinski definition) is 3. The molecule has 0 unspecified atom stereocenters. The molecule has 0 aromatic heterocycles. The molecule has 1 aromatic carbocycles. The van der Waals surface area contributed by atoms with Crippen molar-refractivity contribution >= 4 is 0 Å². The Balaban J connectivity index is 3.54. The van der Waals surface area contributed by atoms with E-state index >= 15 is 0 Å². The predicted octanol–water partition coefficient (Wildman–Crippen LogP) is 0.164. The van der Waals surface area contributed by atoms with Gasteiger partial charge in [0.1, 0.15) is 0 Å². The highest BCUT2D eigenvalue weighted by atomic mass is 16.3. The first kappa shape index (κ1) is 7.40. The third-order valence-corrected chi connectivity index (χ3v) is 1.18. The Morgan fingerprint density at radius 2 is 1.45 bits per heavy atom. The van der Waals surface area contributed by atoms with Gasteiger partial charge in [0.2, 0.25) is 5.43 Å². The van der Waals surface area contributed by atoms with Crippen LogP contribution in [-0.2, 0) is 0 Å². The Morgan fingerprint density at radius 1 is 0.909 bits per heavy atom. The van der Waals surface area contributed by atoms with E-state index in [2.05, 4.69) is 0 Å². The highest BCUT2D eigenvalue weighted by molar-refractivity contribution is 5.38. The first-order valence-electron chi connectivity index (χ1n) is 2.86. The second-order valence-corrected chi connectivity index (χ2v) is 2.00. The molecule has 4 heteroatoms. The maximum atomic E-state index is 10.7. The summed E-state index contributed by atoms with van der Waals surface area (Å²) < 4.78 is 0. The molecule has 0 aliphatic heterocycles. The van der Waals surface area contributed by atoms with E-state index in [1.165, 1.54) is 0 Å². The molecule has 0 saturated carbocycles. The van der Waals surface area contributed by atoms with Gasteiger partial charge in [-0.1, -0.05) is 0 Å². The third kappa shape index (κ3) is 1.40. The minimum Gasteiger partial charge on any atom is -0.504 e. The molecule has 0 atom stereocenters. The van der Waals surface area contributed by atoms with Crippen molar-refractivity contribution < 1.29 is 15.3 Å². The smallest absolute Gasteiger partial charge is 0.223 e. The van der Waals surface area contributed by atoms with Crippen molar-refractivity contribution in [2.24, 2.45) is 0 Å². The minimum absolute atomic E-state index is 0.442. The number of rotatable bonds is 0. The Bertz CT molecular complexity index is 332. The van der Waals surface area contributed by atoms with Crippen molar-refractivity contribution in [1.29, 1.82) is 0 Å². The van der Waals surface area contributed by atoms with Gasteiger partial charge in [0.25, 0.3) is 0 Å². The van der Waals surface area contributed by atoms with E-state index in [1.807, 2.05) is 0 Å². The van der Waals surface area contributed by atoms with Crippen LogP contribution in [0.5, 0.6) is 17.2 Å². The van der Waals surface area contributed by atoms with E-state index in [0.717, 1.165) is 18.2 Å². The summed E-state index contributed by atoms with van der Waals surface area (Å²) in [5, 5.41) is 26.4. The first-order valence-corrected chi connectivity index (χ1v) is 2.86. The fourth-order valence-electron chi connectivity index (χ4n) is 0.597. The van der Waals surface area contributed by atoms with Gasteiger partial charge in [-0.2, -0.15) is 0 Å². The van der Waals surface area contributed by atoms with Gasteiger partial charge in [-0.15, -0.1) is 0 Å². The summed E-state index contributed by atoms with van der Waals surface area (Å²) in [7, 11) is 0. The lowest BCUT2D eigenvalue weighted by atomic mass is 10.4. The van der Waals surface area contributed by atoms with Crippen molar-refractivity contribution in [1.82, 2.24) is 0 Å². The van der Waals surface area contributed by atoms with Gasteiger partial charge in [0, 0.05) is 6.07 Å². The molecular weight excluding hydrogens is 148 g/mol. The van der Waals surface area contributed by atoms with Crippen LogP contribution in [0.2, 0.25) is 0 Å². The van der Waals surface area contributed by atoms with E-state index in [0.29, 0.717) is 0 Å². The van der Waals surface area contributed by atoms with E-state index in [9.17, 15) is 4.79 Å². The monoisotopic (exact) mass is 154 g/mol. The molecule has 58 valence electrons. The molecule has 0 aliphatic rings. The predicted molar refractivity (Wildman–Crippen MR) is 37.7 cm³/mol. The fraction of sp³-hybridized carbons (Fsp3) is 0. The van der Waals surface area contributed by atoms with Gasteiger partial charge in [0.15, 0.2) is 17.2 Å². The molecule has 0 radical (unpaired) electrons. The molecule has 4 nitrogen and oxygen atoms in total. The summed E-state index contributed by atoms with van der Waals surface area (Å²) in [5.74, 6) is -1.50. The average Bonchev–Trinajstić information content (AvgIpc) is 2.05. The third-order valence-electron chi connectivity index (χ3n) is 1.18. The van der Waals surface area contributed by atoms with Gasteiger partial charge < -0.3 is 15.3 Å². The van der Waals surface area contributed by atoms with Crippen LogP contribution < -0.4 is 5.43 Å². The largest absolute Gasteiger partial charge is 0.504 e. The first-order chi connectivity index (χ1) is 5.11. The molecule has 1 rings (SSSR count). The van der Waals surface area contributed by atoms with Crippen LogP contribution in [-0.4, -0.2) is 15.3 Å². The zero-order valence-corrected chi connectivity index (χ0v) is 5.48. The zero-order valence-electron chi connectivity index (χ0n) is 5.48. The summed E-state index contributed by atoms with van der Waals surface area (Å²) in [6.07, 6.45) is 0. The molecule has 0 bridgehead atoms. The van der Waals surface area contributed by atoms with Crippen LogP contribution in [0.3, 0.4) is 0 Å². The van der Waals surface area contributed by atoms with E-state index in [4.69, 9.17) is 15.3 Å². The summed E-state index contributed by atoms with van der Waals surface area (Å²) in [4.78, 5) is 10.7. The molecule has 11 heavy (non-hydrogen) atoms. The maximum Gasteiger partial charge on any atom is 0.223 e. The van der Waals surface area contributed by atoms with E-state index < -0.39 is 22.7 Å². The second kappa shape index (κ2) is 2.49. The van der Waals surface area contributed by atoms with E-state index in [1.54, 1.807) is 0 Å². The number of hydrogen-bond acceptors (Lipinski definition) is 4. The van der Waals surface area contributed by atoms with Gasteiger partial charge in [-0.05, 0) is 12.1 Å². The average molecular weight is 154 g/mol. The van der Waals surface area contributed by atoms with Crippen LogP contribution in [0.1, 0.15) is 0 Å². The van der Waals surface area contributed by atoms with Crippen molar-refractivity contribution in [2.45, 2.75) is 0 Å². The molecule has 1 aromatic rings. The van der Waals surface area contributed by atoms with Crippen LogP contribution in [0.25, 0.3) is 0 Å². The Kier molecular flexibility index (Phi) is 1.68. The molecule has 0 heterocycles. The normalized spacial score (nSPS) is 9.45.